The van der Waals surface area contributed by atoms with E-state index in [0.717, 1.165) is 0 Å². The Morgan fingerprint density at radius 3 is 2.40 bits per heavy atom. The predicted octanol–water partition coefficient (Wildman–Crippen LogP) is 1.05. The maximum Gasteiger partial charge on any atom is 0.430 e. The van der Waals surface area contributed by atoms with Crippen LogP contribution in [0.2, 0.25) is 0 Å². The number of nitrogens with zero attached hydrogens (tertiary/aromatic N) is 2. The van der Waals surface area contributed by atoms with Crippen molar-refractivity contribution in [3.05, 3.63) is 6.67 Å². The molecule has 0 atom stereocenters. The Morgan fingerprint density at radius 2 is 2.20 bits per heavy atom. The van der Waals surface area contributed by atoms with Crippen molar-refractivity contribution in [3.8, 4) is 0 Å². The summed E-state index contributed by atoms with van der Waals surface area (Å²) in [6.07, 6.45) is -4.26. The average Bonchev–Trinajstić information content (AvgIpc) is 2.11. The van der Waals surface area contributed by atoms with Gasteiger partial charge in [0.1, 0.15) is 12.4 Å². The third kappa shape index (κ3) is 1.47. The van der Waals surface area contributed by atoms with Gasteiger partial charge in [0.2, 0.25) is 0 Å². The first-order valence-corrected chi connectivity index (χ1v) is 2.67. The highest BCUT2D eigenvalue weighted by atomic mass is 19.4. The normalized spacial score (nSPS) is 21.4. The van der Waals surface area contributed by atoms with E-state index in [1.165, 1.54) is 11.6 Å². The average molecular weight is 151 g/mol. The van der Waals surface area contributed by atoms with Crippen molar-refractivity contribution < 1.29 is 13.2 Å². The van der Waals surface area contributed by atoms with Crippen LogP contribution in [0.1, 0.15) is 0 Å². The van der Waals surface area contributed by atoms with E-state index in [1.807, 2.05) is 0 Å². The van der Waals surface area contributed by atoms with Crippen LogP contribution >= 0.6 is 0 Å². The lowest BCUT2D eigenvalue weighted by molar-refractivity contribution is -0.0598. The van der Waals surface area contributed by atoms with Gasteiger partial charge in [-0.05, 0) is 7.05 Å². The molecule has 0 amide bonds. The molecule has 10 heavy (non-hydrogen) atoms. The second kappa shape index (κ2) is 2.23. The summed E-state index contributed by atoms with van der Waals surface area (Å²) in [5, 5.41) is 0. The highest BCUT2D eigenvalue weighted by Crippen LogP contribution is 2.21. The van der Waals surface area contributed by atoms with Gasteiger partial charge in [0.15, 0.2) is 0 Å². The first kappa shape index (κ1) is 7.53. The van der Waals surface area contributed by atoms with E-state index in [4.69, 9.17) is 0 Å². The fourth-order valence-corrected chi connectivity index (χ4v) is 0.649. The summed E-state index contributed by atoms with van der Waals surface area (Å²) in [7, 11) is 1.54. The van der Waals surface area contributed by atoms with E-state index in [-0.39, 0.29) is 6.54 Å². The second-order valence-corrected chi connectivity index (χ2v) is 2.10. The molecule has 1 radical (unpaired) electrons. The molecule has 0 unspecified atom stereocenters. The van der Waals surface area contributed by atoms with Crippen LogP contribution in [-0.4, -0.2) is 30.4 Å². The van der Waals surface area contributed by atoms with Crippen LogP contribution in [0.15, 0.2) is 4.99 Å². The van der Waals surface area contributed by atoms with Crippen molar-refractivity contribution >= 4 is 5.71 Å². The molecule has 0 aromatic carbocycles. The number of alkyl halides is 3. The number of hydrogen-bond acceptors (Lipinski definition) is 2. The lowest BCUT2D eigenvalue weighted by atomic mass is 10.4. The molecule has 0 N–H and O–H groups in total. The molecule has 2 nitrogen and oxygen atoms in total. The van der Waals surface area contributed by atoms with E-state index in [1.54, 1.807) is 7.05 Å². The highest BCUT2D eigenvalue weighted by Gasteiger charge is 2.38. The summed E-state index contributed by atoms with van der Waals surface area (Å²) >= 11 is 0. The predicted molar refractivity (Wildman–Crippen MR) is 30.4 cm³/mol. The summed E-state index contributed by atoms with van der Waals surface area (Å²) in [4.78, 5) is 4.56. The lowest BCUT2D eigenvalue weighted by Crippen LogP contribution is -2.28. The maximum absolute atomic E-state index is 11.8. The molecule has 57 valence electrons. The summed E-state index contributed by atoms with van der Waals surface area (Å²) in [5.74, 6) is 0. The molecular weight excluding hydrogens is 145 g/mol. The largest absolute Gasteiger partial charge is 0.430 e. The monoisotopic (exact) mass is 151 g/mol. The molecule has 1 aliphatic heterocycles. The standard InChI is InChI=1S/C5H6F3N2/c1-10-2-4(9-3-10)5(6,7)8/h3H,2H2,1H3. The number of halogens is 3. The van der Waals surface area contributed by atoms with Crippen molar-refractivity contribution in [2.24, 2.45) is 4.99 Å². The zero-order valence-electron chi connectivity index (χ0n) is 5.31. The Kier molecular flexibility index (Phi) is 1.68. The van der Waals surface area contributed by atoms with Gasteiger partial charge in [0.05, 0.1) is 0 Å². The van der Waals surface area contributed by atoms with Gasteiger partial charge in [-0.3, -0.25) is 9.89 Å². The molecule has 0 aromatic rings. The van der Waals surface area contributed by atoms with Crippen molar-refractivity contribution in [3.63, 3.8) is 0 Å². The summed E-state index contributed by atoms with van der Waals surface area (Å²) in [5.41, 5.74) is -0.727. The Morgan fingerprint density at radius 1 is 1.60 bits per heavy atom. The van der Waals surface area contributed by atoms with Gasteiger partial charge in [-0.2, -0.15) is 13.2 Å². The number of hydrogen-bond donors (Lipinski definition) is 0. The molecule has 0 bridgehead atoms. The van der Waals surface area contributed by atoms with Gasteiger partial charge in [0, 0.05) is 6.54 Å². The van der Waals surface area contributed by atoms with Gasteiger partial charge in [-0.15, -0.1) is 0 Å². The van der Waals surface area contributed by atoms with Crippen LogP contribution in [-0.2, 0) is 0 Å². The number of aliphatic imine (C=N–C) groups is 1. The van der Waals surface area contributed by atoms with Gasteiger partial charge in [-0.25, -0.2) is 0 Å². The summed E-state index contributed by atoms with van der Waals surface area (Å²) < 4.78 is 35.3. The van der Waals surface area contributed by atoms with Crippen molar-refractivity contribution in [2.75, 3.05) is 13.6 Å². The van der Waals surface area contributed by atoms with Gasteiger partial charge in [-0.1, -0.05) is 0 Å². The zero-order chi connectivity index (χ0) is 7.78. The van der Waals surface area contributed by atoms with Crippen LogP contribution in [0.4, 0.5) is 13.2 Å². The van der Waals surface area contributed by atoms with Gasteiger partial charge in [0.25, 0.3) is 0 Å². The minimum absolute atomic E-state index is 0.135. The Labute approximate surface area is 56.3 Å². The zero-order valence-corrected chi connectivity index (χ0v) is 5.31. The Hall–Kier alpha value is -0.580. The van der Waals surface area contributed by atoms with Gasteiger partial charge < -0.3 is 0 Å². The smallest absolute Gasteiger partial charge is 0.276 e. The quantitative estimate of drug-likeness (QED) is 0.505. The Balaban J connectivity index is 2.60. The second-order valence-electron chi connectivity index (χ2n) is 2.10. The molecule has 0 spiro atoms. The van der Waals surface area contributed by atoms with Crippen LogP contribution in [0.5, 0.6) is 0 Å². The van der Waals surface area contributed by atoms with E-state index in [0.29, 0.717) is 0 Å². The molecule has 1 rings (SSSR count). The topological polar surface area (TPSA) is 15.6 Å². The van der Waals surface area contributed by atoms with E-state index in [9.17, 15) is 13.2 Å². The maximum atomic E-state index is 11.8. The first-order chi connectivity index (χ1) is 4.50. The molecule has 0 fully saturated rings. The fraction of sp³-hybridized carbons (Fsp3) is 0.600. The van der Waals surface area contributed by atoms with E-state index < -0.39 is 11.9 Å². The van der Waals surface area contributed by atoms with E-state index >= 15 is 0 Å². The molecule has 1 aliphatic rings. The molecule has 0 saturated carbocycles. The molecule has 0 aliphatic carbocycles. The highest BCUT2D eigenvalue weighted by molar-refractivity contribution is 5.93. The third-order valence-corrected chi connectivity index (χ3v) is 1.14. The van der Waals surface area contributed by atoms with Crippen LogP contribution < -0.4 is 0 Å². The van der Waals surface area contributed by atoms with Crippen molar-refractivity contribution in [1.82, 2.24) is 4.90 Å². The molecule has 1 heterocycles. The minimum atomic E-state index is -4.26. The van der Waals surface area contributed by atoms with Crippen LogP contribution in [0.3, 0.4) is 0 Å². The fourth-order valence-electron chi connectivity index (χ4n) is 0.649. The third-order valence-electron chi connectivity index (χ3n) is 1.14. The van der Waals surface area contributed by atoms with Crippen LogP contribution in [0.25, 0.3) is 0 Å². The van der Waals surface area contributed by atoms with Gasteiger partial charge >= 0.3 is 6.18 Å². The summed E-state index contributed by atoms with van der Waals surface area (Å²) in [6.45, 7) is 1.03. The minimum Gasteiger partial charge on any atom is -0.276 e. The molecule has 0 aromatic heterocycles. The van der Waals surface area contributed by atoms with Crippen molar-refractivity contribution in [2.45, 2.75) is 6.18 Å². The molecule has 5 heteroatoms. The number of rotatable bonds is 0. The molecule has 0 saturated heterocycles. The molecular formula is C5H6F3N2. The van der Waals surface area contributed by atoms with Crippen LogP contribution in [0, 0.1) is 6.67 Å². The summed E-state index contributed by atoms with van der Waals surface area (Å²) in [6, 6.07) is 0. The van der Waals surface area contributed by atoms with Crippen molar-refractivity contribution in [1.29, 1.82) is 0 Å². The first-order valence-electron chi connectivity index (χ1n) is 2.67. The SMILES string of the molecule is CN1[CH]N=C(C(F)(F)F)C1. The Bertz CT molecular complexity index is 161. The lowest BCUT2D eigenvalue weighted by Gasteiger charge is -2.06. The van der Waals surface area contributed by atoms with E-state index in [2.05, 4.69) is 4.99 Å².